The zero-order valence-electron chi connectivity index (χ0n) is 11.0. The molecule has 1 spiro atoms. The molecule has 2 aliphatic rings. The van der Waals surface area contributed by atoms with Gasteiger partial charge in [0.2, 0.25) is 0 Å². The highest BCUT2D eigenvalue weighted by Crippen LogP contribution is 2.49. The largest absolute Gasteiger partial charge is 0.480 e. The van der Waals surface area contributed by atoms with E-state index in [1.165, 1.54) is 17.2 Å². The van der Waals surface area contributed by atoms with Crippen molar-refractivity contribution in [2.24, 2.45) is 5.73 Å². The van der Waals surface area contributed by atoms with Crippen molar-refractivity contribution in [1.29, 1.82) is 0 Å². The van der Waals surface area contributed by atoms with Crippen LogP contribution in [0, 0.1) is 0 Å². The van der Waals surface area contributed by atoms with Gasteiger partial charge in [-0.3, -0.25) is 4.57 Å². The van der Waals surface area contributed by atoms with E-state index in [9.17, 15) is 10.2 Å². The molecule has 3 atom stereocenters. The molecule has 112 valence electrons. The van der Waals surface area contributed by atoms with Crippen LogP contribution in [0.4, 0.5) is 5.82 Å². The van der Waals surface area contributed by atoms with Crippen LogP contribution in [0.3, 0.4) is 0 Å². The highest BCUT2D eigenvalue weighted by Gasteiger charge is 2.60. The van der Waals surface area contributed by atoms with Crippen molar-refractivity contribution < 1.29 is 14.9 Å². The third kappa shape index (κ3) is 1.62. The summed E-state index contributed by atoms with van der Waals surface area (Å²) in [5, 5.41) is 20.5. The van der Waals surface area contributed by atoms with Crippen molar-refractivity contribution in [3.8, 4) is 0 Å². The number of nitrogens with one attached hydrogen (secondary N) is 1. The molecule has 3 heterocycles. The van der Waals surface area contributed by atoms with E-state index >= 15 is 0 Å². The molecule has 21 heavy (non-hydrogen) atoms. The molecule has 0 radical (unpaired) electrons. The molecule has 5 N–H and O–H groups in total. The molecular weight excluding hydrogens is 276 g/mol. The summed E-state index contributed by atoms with van der Waals surface area (Å²) in [6.07, 6.45) is 0.814. The van der Waals surface area contributed by atoms with Gasteiger partial charge >= 0.3 is 0 Å². The Morgan fingerprint density at radius 3 is 2.81 bits per heavy atom. The maximum absolute atomic E-state index is 10.3. The summed E-state index contributed by atoms with van der Waals surface area (Å²) in [6, 6.07) is -0.0210. The summed E-state index contributed by atoms with van der Waals surface area (Å²) < 4.78 is 7.42. The third-order valence-corrected chi connectivity index (χ3v) is 4.36. The van der Waals surface area contributed by atoms with Crippen LogP contribution in [0.2, 0.25) is 0 Å². The number of fused-ring (bicyclic) bond motifs is 1. The van der Waals surface area contributed by atoms with Crippen molar-refractivity contribution in [1.82, 2.24) is 19.5 Å². The third-order valence-electron chi connectivity index (χ3n) is 4.36. The standard InChI is InChI=1S/C12H15N6O3/c13-5-1-12(2-5)8(20)7(19)11(21-12)18-4-17-6-9(14)15-3-16-10(6)18/h3-5,7-8,11,19-20H,1-2,13H2,(H-,14,15,16)/q-1/t5?,7?,8?,11-,12?/m1/s1. The minimum atomic E-state index is -1.10. The normalized spacial score (nSPS) is 39.0. The maximum atomic E-state index is 10.3. The predicted octanol–water partition coefficient (Wildman–Crippen LogP) is -0.380. The number of rotatable bonds is 1. The molecule has 0 bridgehead atoms. The number of hydrogen-bond acceptors (Lipinski definition) is 7. The monoisotopic (exact) mass is 291 g/mol. The Labute approximate surface area is 119 Å². The van der Waals surface area contributed by atoms with E-state index in [-0.39, 0.29) is 11.9 Å². The van der Waals surface area contributed by atoms with Crippen LogP contribution in [-0.4, -0.2) is 53.6 Å². The fraction of sp³-hybridized carbons (Fsp3) is 0.583. The highest BCUT2D eigenvalue weighted by atomic mass is 16.6. The minimum Gasteiger partial charge on any atom is -0.480 e. The van der Waals surface area contributed by atoms with Gasteiger partial charge in [-0.25, -0.2) is 9.97 Å². The van der Waals surface area contributed by atoms with Crippen molar-refractivity contribution in [3.05, 3.63) is 18.4 Å². The Bertz CT molecular complexity index is 697. The fourth-order valence-electron chi connectivity index (χ4n) is 3.27. The Balaban J connectivity index is 1.74. The van der Waals surface area contributed by atoms with Gasteiger partial charge in [-0.15, -0.1) is 0 Å². The SMILES string of the molecule is [NH-]c1ncnc2c1ncn2[C@@H]1OC2(CC(N)C2)C(O)C1O. The quantitative estimate of drug-likeness (QED) is 0.649. The first-order chi connectivity index (χ1) is 10.0. The maximum Gasteiger partial charge on any atom is 0.166 e. The average molecular weight is 291 g/mol. The van der Waals surface area contributed by atoms with Gasteiger partial charge in [-0.1, -0.05) is 0 Å². The molecule has 2 aromatic heterocycles. The minimum absolute atomic E-state index is 0.00663. The lowest BCUT2D eigenvalue weighted by Gasteiger charge is -2.44. The van der Waals surface area contributed by atoms with Crippen LogP contribution >= 0.6 is 0 Å². The molecule has 0 aromatic carbocycles. The van der Waals surface area contributed by atoms with Crippen molar-refractivity contribution in [3.63, 3.8) is 0 Å². The summed E-state index contributed by atoms with van der Waals surface area (Å²) in [7, 11) is 0. The van der Waals surface area contributed by atoms with Crippen LogP contribution in [0.25, 0.3) is 16.9 Å². The van der Waals surface area contributed by atoms with Gasteiger partial charge in [0.1, 0.15) is 23.3 Å². The Hall–Kier alpha value is -1.81. The van der Waals surface area contributed by atoms with Crippen LogP contribution in [-0.2, 0) is 4.74 Å². The average Bonchev–Trinajstić information content (AvgIpc) is 2.95. The van der Waals surface area contributed by atoms with Gasteiger partial charge in [-0.05, 0) is 18.7 Å². The predicted molar refractivity (Wildman–Crippen MR) is 71.4 cm³/mol. The second-order valence-electron chi connectivity index (χ2n) is 5.72. The van der Waals surface area contributed by atoms with Gasteiger partial charge in [0.15, 0.2) is 11.9 Å². The molecule has 1 aliphatic carbocycles. The highest BCUT2D eigenvalue weighted by molar-refractivity contribution is 5.82. The molecule has 1 saturated carbocycles. The summed E-state index contributed by atoms with van der Waals surface area (Å²) in [5.74, 6) is 0.00663. The van der Waals surface area contributed by atoms with Gasteiger partial charge in [0, 0.05) is 12.4 Å². The number of aromatic nitrogens is 4. The number of nitrogens with two attached hydrogens (primary N) is 1. The number of hydrogen-bond donors (Lipinski definition) is 3. The summed E-state index contributed by atoms with van der Waals surface area (Å²) >= 11 is 0. The molecule has 1 aliphatic heterocycles. The van der Waals surface area contributed by atoms with E-state index < -0.39 is 24.0 Å². The molecule has 2 fully saturated rings. The van der Waals surface area contributed by atoms with Crippen molar-refractivity contribution in [2.45, 2.75) is 42.9 Å². The molecule has 1 saturated heterocycles. The van der Waals surface area contributed by atoms with E-state index in [0.29, 0.717) is 24.0 Å². The zero-order chi connectivity index (χ0) is 14.8. The Morgan fingerprint density at radius 1 is 1.33 bits per heavy atom. The van der Waals surface area contributed by atoms with Gasteiger partial charge in [0.05, 0.1) is 6.33 Å². The first kappa shape index (κ1) is 12.9. The second-order valence-corrected chi connectivity index (χ2v) is 5.72. The van der Waals surface area contributed by atoms with Crippen LogP contribution < -0.4 is 5.73 Å². The Morgan fingerprint density at radius 2 is 2.10 bits per heavy atom. The Kier molecular flexibility index (Phi) is 2.52. The van der Waals surface area contributed by atoms with E-state index in [1.54, 1.807) is 0 Å². The van der Waals surface area contributed by atoms with E-state index in [1.807, 2.05) is 0 Å². The molecule has 2 aromatic rings. The van der Waals surface area contributed by atoms with Crippen LogP contribution in [0.5, 0.6) is 0 Å². The lowest BCUT2D eigenvalue weighted by Crippen LogP contribution is -2.58. The van der Waals surface area contributed by atoms with Crippen LogP contribution in [0.1, 0.15) is 19.1 Å². The van der Waals surface area contributed by atoms with E-state index in [4.69, 9.17) is 16.2 Å². The van der Waals surface area contributed by atoms with E-state index in [2.05, 4.69) is 15.0 Å². The molecule has 4 rings (SSSR count). The zero-order valence-corrected chi connectivity index (χ0v) is 11.0. The number of nitrogens with zero attached hydrogens (tertiary/aromatic N) is 4. The van der Waals surface area contributed by atoms with Gasteiger partial charge in [0.25, 0.3) is 0 Å². The number of aliphatic hydroxyl groups excluding tert-OH is 2. The number of imidazole rings is 1. The number of aliphatic hydroxyl groups is 2. The summed E-state index contributed by atoms with van der Waals surface area (Å²) in [6.45, 7) is 0. The fourth-order valence-corrected chi connectivity index (χ4v) is 3.27. The summed E-state index contributed by atoms with van der Waals surface area (Å²) in [4.78, 5) is 11.9. The second kappa shape index (κ2) is 4.10. The van der Waals surface area contributed by atoms with Crippen LogP contribution in [0.15, 0.2) is 12.7 Å². The molecule has 2 unspecified atom stereocenters. The summed E-state index contributed by atoms with van der Waals surface area (Å²) in [5.41, 5.74) is 13.4. The molecular formula is C12H15N6O3-. The smallest absolute Gasteiger partial charge is 0.166 e. The first-order valence-electron chi connectivity index (χ1n) is 6.70. The lowest BCUT2D eigenvalue weighted by molar-refractivity contribution is -0.153. The first-order valence-corrected chi connectivity index (χ1v) is 6.70. The van der Waals surface area contributed by atoms with Crippen molar-refractivity contribution >= 4 is 17.0 Å². The lowest BCUT2D eigenvalue weighted by atomic mass is 9.72. The van der Waals surface area contributed by atoms with E-state index in [0.717, 1.165) is 0 Å². The van der Waals surface area contributed by atoms with Gasteiger partial charge < -0.3 is 31.4 Å². The molecule has 0 amide bonds. The topological polar surface area (TPSA) is 143 Å². The molecule has 9 heteroatoms. The number of ether oxygens (including phenoxy) is 1. The van der Waals surface area contributed by atoms with Gasteiger partial charge in [-0.2, -0.15) is 0 Å². The molecule has 9 nitrogen and oxygen atoms in total. The van der Waals surface area contributed by atoms with Crippen molar-refractivity contribution in [2.75, 3.05) is 0 Å².